The van der Waals surface area contributed by atoms with Gasteiger partial charge in [0.15, 0.2) is 5.75 Å². The zero-order valence-electron chi connectivity index (χ0n) is 25.1. The third-order valence-electron chi connectivity index (χ3n) is 8.00. The molecule has 1 fully saturated rings. The van der Waals surface area contributed by atoms with Crippen LogP contribution in [0.1, 0.15) is 67.8 Å². The van der Waals surface area contributed by atoms with Crippen molar-refractivity contribution in [3.05, 3.63) is 77.1 Å². The molecule has 0 aliphatic heterocycles. The number of nitrogens with zero attached hydrogens (tertiary/aromatic N) is 4. The summed E-state index contributed by atoms with van der Waals surface area (Å²) in [5.74, 6) is 1.91. The molecule has 0 N–H and O–H groups in total. The highest BCUT2D eigenvalue weighted by molar-refractivity contribution is 7.98. The zero-order chi connectivity index (χ0) is 31.9. The minimum Gasteiger partial charge on any atom is -0.489 e. The van der Waals surface area contributed by atoms with Crippen molar-refractivity contribution in [3.8, 4) is 5.75 Å². The number of alkyl halides is 6. The summed E-state index contributed by atoms with van der Waals surface area (Å²) in [6.45, 7) is 5.87. The molecule has 1 atom stereocenters. The van der Waals surface area contributed by atoms with Gasteiger partial charge in [0.1, 0.15) is 0 Å². The molecule has 0 radical (unpaired) electrons. The molecule has 44 heavy (non-hydrogen) atoms. The lowest BCUT2D eigenvalue weighted by Gasteiger charge is -2.33. The van der Waals surface area contributed by atoms with Crippen molar-refractivity contribution < 1.29 is 31.1 Å². The highest BCUT2D eigenvalue weighted by Gasteiger charge is 2.38. The summed E-state index contributed by atoms with van der Waals surface area (Å²) in [5, 5.41) is 0. The van der Waals surface area contributed by atoms with E-state index in [1.54, 1.807) is 23.6 Å². The van der Waals surface area contributed by atoms with Crippen molar-refractivity contribution in [1.82, 2.24) is 9.97 Å². The van der Waals surface area contributed by atoms with Gasteiger partial charge in [-0.2, -0.15) is 38.1 Å². The molecule has 1 aliphatic carbocycles. The quantitative estimate of drug-likeness (QED) is 0.137. The number of hydrogen-bond acceptors (Lipinski definition) is 6. The molecule has 1 aromatic heterocycles. The first-order chi connectivity index (χ1) is 20.9. The summed E-state index contributed by atoms with van der Waals surface area (Å²) in [7, 11) is 0. The van der Waals surface area contributed by atoms with Crippen molar-refractivity contribution in [3.63, 3.8) is 0 Å². The number of hydrogen-bond donors (Lipinski definition) is 0. The topological polar surface area (TPSA) is 41.5 Å². The second-order valence-corrected chi connectivity index (χ2v) is 12.0. The average molecular weight is 641 g/mol. The second kappa shape index (κ2) is 14.8. The van der Waals surface area contributed by atoms with E-state index >= 15 is 0 Å². The Morgan fingerprint density at radius 3 is 2.14 bits per heavy atom. The van der Waals surface area contributed by atoms with E-state index < -0.39 is 29.5 Å². The number of aromatic nitrogens is 2. The Bertz CT molecular complexity index is 1310. The van der Waals surface area contributed by atoms with E-state index in [1.807, 2.05) is 30.5 Å². The molecule has 240 valence electrons. The van der Waals surface area contributed by atoms with Crippen LogP contribution >= 0.6 is 11.8 Å². The molecule has 5 nitrogen and oxygen atoms in total. The van der Waals surface area contributed by atoms with Crippen molar-refractivity contribution in [2.45, 2.75) is 64.5 Å². The number of rotatable bonds is 13. The van der Waals surface area contributed by atoms with E-state index in [0.29, 0.717) is 18.3 Å². The number of ether oxygens (including phenoxy) is 1. The summed E-state index contributed by atoms with van der Waals surface area (Å²) in [4.78, 5) is 12.8. The van der Waals surface area contributed by atoms with Crippen LogP contribution in [-0.2, 0) is 18.9 Å². The normalized spacial score (nSPS) is 14.9. The smallest absolute Gasteiger partial charge is 0.416 e. The standard InChI is InChI=1S/C32H38F6N4OS/c1-4-41(20-23-9-5-6-10-23)29-12-8-7-11-24(29)21-42(30-39-18-28(19-40-30)43-13-14-44-3)22(2)25-15-26(31(33,34)35)17-27(16-25)32(36,37)38/h7-8,11-12,15-19,22-23H,4-6,9-10,13-14,20-21H2,1-3H3. The van der Waals surface area contributed by atoms with Crippen molar-refractivity contribution in [1.29, 1.82) is 0 Å². The van der Waals surface area contributed by atoms with Crippen molar-refractivity contribution in [2.24, 2.45) is 5.92 Å². The minimum absolute atomic E-state index is 0.146. The van der Waals surface area contributed by atoms with Gasteiger partial charge in [0.05, 0.1) is 36.2 Å². The Morgan fingerprint density at radius 2 is 1.57 bits per heavy atom. The average Bonchev–Trinajstić information content (AvgIpc) is 3.51. The van der Waals surface area contributed by atoms with Gasteiger partial charge in [-0.25, -0.2) is 9.97 Å². The predicted molar refractivity (Wildman–Crippen MR) is 163 cm³/mol. The Balaban J connectivity index is 1.75. The third-order valence-corrected chi connectivity index (χ3v) is 8.57. The first kappa shape index (κ1) is 33.7. The molecule has 1 saturated carbocycles. The van der Waals surface area contributed by atoms with E-state index in [9.17, 15) is 26.3 Å². The van der Waals surface area contributed by atoms with Gasteiger partial charge in [-0.15, -0.1) is 0 Å². The van der Waals surface area contributed by atoms with Gasteiger partial charge in [0, 0.05) is 31.1 Å². The van der Waals surface area contributed by atoms with Crippen LogP contribution in [0.2, 0.25) is 0 Å². The van der Waals surface area contributed by atoms with Gasteiger partial charge in [0.2, 0.25) is 5.95 Å². The maximum absolute atomic E-state index is 13.8. The third kappa shape index (κ3) is 8.73. The molecular weight excluding hydrogens is 602 g/mol. The lowest BCUT2D eigenvalue weighted by Crippen LogP contribution is -2.32. The molecule has 1 unspecified atom stereocenters. The zero-order valence-corrected chi connectivity index (χ0v) is 25.9. The fraction of sp³-hybridized carbons (Fsp3) is 0.500. The number of para-hydroxylation sites is 1. The summed E-state index contributed by atoms with van der Waals surface area (Å²) in [6.07, 6.45) is -0.273. The van der Waals surface area contributed by atoms with E-state index in [4.69, 9.17) is 4.74 Å². The van der Waals surface area contributed by atoms with Crippen LogP contribution in [0.3, 0.4) is 0 Å². The number of halogens is 6. The highest BCUT2D eigenvalue weighted by atomic mass is 32.2. The SMILES string of the molecule is CCN(CC1CCCC1)c1ccccc1CN(c1ncc(OCCSC)cn1)C(C)c1cc(C(F)(F)F)cc(C(F)(F)F)c1. The summed E-state index contributed by atoms with van der Waals surface area (Å²) in [6, 6.07) is 8.50. The van der Waals surface area contributed by atoms with Crippen LogP contribution < -0.4 is 14.5 Å². The molecule has 0 amide bonds. The van der Waals surface area contributed by atoms with Crippen LogP contribution in [0, 0.1) is 5.92 Å². The molecule has 1 heterocycles. The first-order valence-corrected chi connectivity index (χ1v) is 16.1. The minimum atomic E-state index is -4.96. The number of thioether (sulfide) groups is 1. The molecule has 0 bridgehead atoms. The maximum Gasteiger partial charge on any atom is 0.416 e. The fourth-order valence-electron chi connectivity index (χ4n) is 5.60. The van der Waals surface area contributed by atoms with Crippen LogP contribution in [0.5, 0.6) is 5.75 Å². The summed E-state index contributed by atoms with van der Waals surface area (Å²) >= 11 is 1.61. The molecule has 3 aromatic rings. The molecule has 2 aromatic carbocycles. The van der Waals surface area contributed by atoms with Crippen molar-refractivity contribution >= 4 is 23.4 Å². The largest absolute Gasteiger partial charge is 0.489 e. The molecule has 12 heteroatoms. The molecular formula is C32H38F6N4OS. The Hall–Kier alpha value is -3.15. The van der Waals surface area contributed by atoms with Crippen LogP contribution in [0.25, 0.3) is 0 Å². The van der Waals surface area contributed by atoms with Gasteiger partial charge < -0.3 is 14.5 Å². The van der Waals surface area contributed by atoms with E-state index in [1.165, 1.54) is 25.2 Å². The van der Waals surface area contributed by atoms with Gasteiger partial charge in [0.25, 0.3) is 0 Å². The fourth-order valence-corrected chi connectivity index (χ4v) is 5.85. The monoisotopic (exact) mass is 640 g/mol. The first-order valence-electron chi connectivity index (χ1n) is 14.7. The predicted octanol–water partition coefficient (Wildman–Crippen LogP) is 9.04. The van der Waals surface area contributed by atoms with Crippen LogP contribution in [0.4, 0.5) is 38.0 Å². The molecule has 0 spiro atoms. The van der Waals surface area contributed by atoms with Crippen LogP contribution in [-0.4, -0.2) is 41.7 Å². The summed E-state index contributed by atoms with van der Waals surface area (Å²) < 4.78 is 88.2. The lowest BCUT2D eigenvalue weighted by molar-refractivity contribution is -0.143. The Morgan fingerprint density at radius 1 is 0.955 bits per heavy atom. The second-order valence-electron chi connectivity index (χ2n) is 11.0. The van der Waals surface area contributed by atoms with E-state index in [2.05, 4.69) is 21.8 Å². The van der Waals surface area contributed by atoms with Gasteiger partial charge >= 0.3 is 12.4 Å². The van der Waals surface area contributed by atoms with Gasteiger partial charge in [-0.3, -0.25) is 0 Å². The molecule has 1 aliphatic rings. The lowest BCUT2D eigenvalue weighted by atomic mass is 9.98. The Kier molecular flexibility index (Phi) is 11.3. The number of anilines is 2. The van der Waals surface area contributed by atoms with E-state index in [0.717, 1.165) is 55.1 Å². The molecule has 4 rings (SSSR count). The highest BCUT2D eigenvalue weighted by Crippen LogP contribution is 2.39. The summed E-state index contributed by atoms with van der Waals surface area (Å²) in [5.41, 5.74) is -1.03. The van der Waals surface area contributed by atoms with E-state index in [-0.39, 0.29) is 24.1 Å². The molecule has 0 saturated heterocycles. The maximum atomic E-state index is 13.8. The van der Waals surface area contributed by atoms with Gasteiger partial charge in [-0.1, -0.05) is 31.0 Å². The number of benzene rings is 2. The van der Waals surface area contributed by atoms with Gasteiger partial charge in [-0.05, 0) is 74.3 Å². The Labute approximate surface area is 259 Å². The van der Waals surface area contributed by atoms with Crippen molar-refractivity contribution in [2.75, 3.05) is 41.5 Å². The van der Waals surface area contributed by atoms with Crippen LogP contribution in [0.15, 0.2) is 54.9 Å².